The van der Waals surface area contributed by atoms with Crippen LogP contribution in [0.3, 0.4) is 0 Å². The number of hydrogen-bond acceptors (Lipinski definition) is 6. The van der Waals surface area contributed by atoms with Gasteiger partial charge in [0.25, 0.3) is 0 Å². The van der Waals surface area contributed by atoms with E-state index in [4.69, 9.17) is 14.2 Å². The van der Waals surface area contributed by atoms with Crippen molar-refractivity contribution in [3.8, 4) is 11.5 Å². The minimum atomic E-state index is -0.302. The van der Waals surface area contributed by atoms with Gasteiger partial charge < -0.3 is 29.7 Å². The molecule has 2 unspecified atom stereocenters. The Balaban J connectivity index is 1.26. The summed E-state index contributed by atoms with van der Waals surface area (Å²) in [5.41, 5.74) is 2.82. The van der Waals surface area contributed by atoms with Gasteiger partial charge in [0.05, 0.1) is 31.1 Å². The van der Waals surface area contributed by atoms with Crippen LogP contribution >= 0.6 is 0 Å². The predicted molar refractivity (Wildman–Crippen MR) is 162 cm³/mol. The van der Waals surface area contributed by atoms with Gasteiger partial charge in [0.15, 0.2) is 0 Å². The highest BCUT2D eigenvalue weighted by Crippen LogP contribution is 2.39. The van der Waals surface area contributed by atoms with Crippen molar-refractivity contribution >= 4 is 11.8 Å². The minimum absolute atomic E-state index is 0.0576. The molecule has 0 spiro atoms. The monoisotopic (exact) mass is 577 g/mol. The van der Waals surface area contributed by atoms with E-state index < -0.39 is 0 Å². The van der Waals surface area contributed by atoms with Gasteiger partial charge in [0.2, 0.25) is 11.8 Å². The van der Waals surface area contributed by atoms with Crippen LogP contribution in [-0.2, 0) is 26.4 Å². The molecule has 3 fully saturated rings. The summed E-state index contributed by atoms with van der Waals surface area (Å²) in [4.78, 5) is 29.7. The van der Waals surface area contributed by atoms with Crippen LogP contribution in [0.15, 0.2) is 42.5 Å². The van der Waals surface area contributed by atoms with Crippen LogP contribution in [0.2, 0.25) is 0 Å². The molecule has 2 atom stereocenters. The zero-order valence-corrected chi connectivity index (χ0v) is 25.5. The SMILES string of the molecule is COCCCOc1cc(CN(C(=O)C2CNCC(C(=O)NC3(c4ccccc4)CCCC3)C2)C2CC2)cc(OC)c1C. The molecule has 0 bridgehead atoms. The summed E-state index contributed by atoms with van der Waals surface area (Å²) in [5.74, 6) is 1.25. The number of carbonyl (C=O) groups is 2. The van der Waals surface area contributed by atoms with Crippen molar-refractivity contribution in [1.29, 1.82) is 0 Å². The summed E-state index contributed by atoms with van der Waals surface area (Å²) in [6.45, 7) is 4.88. The molecule has 228 valence electrons. The number of carbonyl (C=O) groups excluding carboxylic acids is 2. The summed E-state index contributed by atoms with van der Waals surface area (Å²) in [6, 6.07) is 14.7. The molecule has 2 amide bonds. The number of methoxy groups -OCH3 is 2. The highest BCUT2D eigenvalue weighted by atomic mass is 16.5. The van der Waals surface area contributed by atoms with Crippen molar-refractivity contribution in [3.63, 3.8) is 0 Å². The van der Waals surface area contributed by atoms with Crippen LogP contribution in [0.4, 0.5) is 0 Å². The van der Waals surface area contributed by atoms with E-state index in [1.807, 2.05) is 42.2 Å². The lowest BCUT2D eigenvalue weighted by Gasteiger charge is -2.36. The number of ether oxygens (including phenoxy) is 3. The number of benzene rings is 2. The molecule has 2 aliphatic carbocycles. The van der Waals surface area contributed by atoms with Gasteiger partial charge in [0.1, 0.15) is 11.5 Å². The maximum absolute atomic E-state index is 14.0. The largest absolute Gasteiger partial charge is 0.496 e. The van der Waals surface area contributed by atoms with E-state index in [0.29, 0.717) is 39.3 Å². The first kappa shape index (κ1) is 30.4. The molecule has 8 heteroatoms. The second-order valence-electron chi connectivity index (χ2n) is 12.2. The van der Waals surface area contributed by atoms with E-state index >= 15 is 0 Å². The number of hydrogen-bond donors (Lipinski definition) is 2. The third-order valence-electron chi connectivity index (χ3n) is 9.18. The lowest BCUT2D eigenvalue weighted by atomic mass is 9.85. The Morgan fingerprint density at radius 2 is 1.71 bits per heavy atom. The van der Waals surface area contributed by atoms with Crippen LogP contribution in [0.25, 0.3) is 0 Å². The Kier molecular flexibility index (Phi) is 10.1. The Morgan fingerprint density at radius 3 is 2.40 bits per heavy atom. The maximum atomic E-state index is 14.0. The number of nitrogens with one attached hydrogen (secondary N) is 2. The normalized spacial score (nSPS) is 21.5. The first-order chi connectivity index (χ1) is 20.4. The van der Waals surface area contributed by atoms with E-state index in [-0.39, 0.29) is 35.2 Å². The predicted octanol–water partition coefficient (Wildman–Crippen LogP) is 4.72. The topological polar surface area (TPSA) is 89.1 Å². The van der Waals surface area contributed by atoms with Crippen LogP contribution < -0.4 is 20.1 Å². The number of rotatable bonds is 13. The van der Waals surface area contributed by atoms with E-state index in [1.54, 1.807) is 14.2 Å². The zero-order chi connectivity index (χ0) is 29.5. The Labute approximate surface area is 250 Å². The lowest BCUT2D eigenvalue weighted by Crippen LogP contribution is -2.53. The maximum Gasteiger partial charge on any atom is 0.227 e. The minimum Gasteiger partial charge on any atom is -0.496 e. The fraction of sp³-hybridized carbons (Fsp3) is 0.588. The van der Waals surface area contributed by atoms with Gasteiger partial charge in [-0.2, -0.15) is 0 Å². The van der Waals surface area contributed by atoms with Gasteiger partial charge in [-0.3, -0.25) is 9.59 Å². The third kappa shape index (κ3) is 7.09. The number of amides is 2. The Bertz CT molecular complexity index is 1210. The molecule has 2 N–H and O–H groups in total. The molecule has 8 nitrogen and oxygen atoms in total. The summed E-state index contributed by atoms with van der Waals surface area (Å²) in [6.07, 6.45) is 7.52. The molecule has 1 aliphatic heterocycles. The fourth-order valence-electron chi connectivity index (χ4n) is 6.65. The standard InChI is InChI=1S/C34H47N3O5/c1-24-30(41-3)18-25(19-31(24)42-17-9-16-40-2)23-37(29-12-13-29)33(39)27-20-26(21-35-22-27)32(38)36-34(14-7-8-15-34)28-10-5-4-6-11-28/h4-6,10-11,18-19,26-27,29,35H,7-9,12-17,20-23H2,1-3H3,(H,36,38). The summed E-state index contributed by atoms with van der Waals surface area (Å²) in [7, 11) is 3.35. The molecule has 1 heterocycles. The molecule has 1 saturated heterocycles. The Morgan fingerprint density at radius 1 is 1.00 bits per heavy atom. The van der Waals surface area contributed by atoms with Gasteiger partial charge in [-0.15, -0.1) is 0 Å². The molecule has 0 aromatic heterocycles. The second-order valence-corrected chi connectivity index (χ2v) is 12.2. The zero-order valence-electron chi connectivity index (χ0n) is 25.5. The number of piperidine rings is 1. The van der Waals surface area contributed by atoms with Crippen LogP contribution in [-0.4, -0.2) is 63.3 Å². The summed E-state index contributed by atoms with van der Waals surface area (Å²) < 4.78 is 16.9. The molecule has 2 aromatic rings. The van der Waals surface area contributed by atoms with E-state index in [2.05, 4.69) is 22.8 Å². The fourth-order valence-corrected chi connectivity index (χ4v) is 6.65. The second kappa shape index (κ2) is 13.9. The third-order valence-corrected chi connectivity index (χ3v) is 9.18. The van der Waals surface area contributed by atoms with E-state index in [0.717, 1.165) is 67.6 Å². The van der Waals surface area contributed by atoms with Crippen LogP contribution in [0, 0.1) is 18.8 Å². The van der Waals surface area contributed by atoms with Gasteiger partial charge >= 0.3 is 0 Å². The molecule has 42 heavy (non-hydrogen) atoms. The van der Waals surface area contributed by atoms with Crippen molar-refractivity contribution < 1.29 is 23.8 Å². The molecule has 2 saturated carbocycles. The average Bonchev–Trinajstić information content (AvgIpc) is 3.76. The van der Waals surface area contributed by atoms with Gasteiger partial charge in [-0.25, -0.2) is 0 Å². The molecule has 5 rings (SSSR count). The van der Waals surface area contributed by atoms with Gasteiger partial charge in [0, 0.05) is 51.4 Å². The molecule has 2 aromatic carbocycles. The van der Waals surface area contributed by atoms with Crippen molar-refractivity contribution in [2.75, 3.05) is 40.5 Å². The lowest BCUT2D eigenvalue weighted by molar-refractivity contribution is -0.139. The van der Waals surface area contributed by atoms with Crippen LogP contribution in [0.1, 0.15) is 68.1 Å². The quantitative estimate of drug-likeness (QED) is 0.335. The summed E-state index contributed by atoms with van der Waals surface area (Å²) >= 11 is 0. The number of nitrogens with zero attached hydrogens (tertiary/aromatic N) is 1. The highest BCUT2D eigenvalue weighted by molar-refractivity contribution is 5.84. The van der Waals surface area contributed by atoms with Gasteiger partial charge in [-0.05, 0) is 62.3 Å². The molecular weight excluding hydrogens is 530 g/mol. The van der Waals surface area contributed by atoms with E-state index in [1.165, 1.54) is 5.56 Å². The van der Waals surface area contributed by atoms with Gasteiger partial charge in [-0.1, -0.05) is 43.2 Å². The van der Waals surface area contributed by atoms with Crippen LogP contribution in [0.5, 0.6) is 11.5 Å². The molecule has 0 radical (unpaired) electrons. The first-order valence-corrected chi connectivity index (χ1v) is 15.6. The smallest absolute Gasteiger partial charge is 0.227 e. The first-order valence-electron chi connectivity index (χ1n) is 15.6. The van der Waals surface area contributed by atoms with E-state index in [9.17, 15) is 9.59 Å². The van der Waals surface area contributed by atoms with Crippen molar-refractivity contribution in [3.05, 3.63) is 59.2 Å². The highest BCUT2D eigenvalue weighted by Gasteiger charge is 2.42. The van der Waals surface area contributed by atoms with Crippen molar-refractivity contribution in [1.82, 2.24) is 15.5 Å². The molecular formula is C34H47N3O5. The Hall–Kier alpha value is -3.10. The average molecular weight is 578 g/mol. The summed E-state index contributed by atoms with van der Waals surface area (Å²) in [5, 5.41) is 6.86. The molecule has 3 aliphatic rings. The van der Waals surface area contributed by atoms with Crippen molar-refractivity contribution in [2.24, 2.45) is 11.8 Å². The van der Waals surface area contributed by atoms with Crippen molar-refractivity contribution in [2.45, 2.75) is 76.4 Å².